The number of aromatic nitrogens is 3. The van der Waals surface area contributed by atoms with E-state index in [9.17, 15) is 19.2 Å². The van der Waals surface area contributed by atoms with E-state index in [2.05, 4.69) is 4.98 Å². The third kappa shape index (κ3) is 4.01. The molecule has 1 amide bonds. The van der Waals surface area contributed by atoms with Gasteiger partial charge < -0.3 is 5.11 Å². The minimum atomic E-state index is -1.36. The van der Waals surface area contributed by atoms with Crippen LogP contribution in [0, 0.1) is 6.92 Å². The number of aliphatic carboxylic acids is 1. The number of carbonyl (C=O) groups is 2. The van der Waals surface area contributed by atoms with E-state index in [1.54, 1.807) is 19.1 Å². The van der Waals surface area contributed by atoms with Crippen LogP contribution >= 0.6 is 23.4 Å². The summed E-state index contributed by atoms with van der Waals surface area (Å²) in [6.07, 6.45) is 1.36. The van der Waals surface area contributed by atoms with Gasteiger partial charge in [-0.1, -0.05) is 23.7 Å². The van der Waals surface area contributed by atoms with Crippen LogP contribution in [0.2, 0.25) is 5.15 Å². The van der Waals surface area contributed by atoms with Gasteiger partial charge in [0.25, 0.3) is 11.5 Å². The lowest BCUT2D eigenvalue weighted by Gasteiger charge is -2.17. The molecule has 1 aromatic carbocycles. The van der Waals surface area contributed by atoms with Gasteiger partial charge in [-0.15, -0.1) is 0 Å². The van der Waals surface area contributed by atoms with Gasteiger partial charge in [0.05, 0.1) is 16.6 Å². The molecule has 0 aliphatic heterocycles. The molecule has 0 bridgehead atoms. The van der Waals surface area contributed by atoms with Crippen LogP contribution in [0.3, 0.4) is 0 Å². The van der Waals surface area contributed by atoms with Crippen LogP contribution in [-0.4, -0.2) is 31.1 Å². The Morgan fingerprint density at radius 2 is 1.90 bits per heavy atom. The summed E-state index contributed by atoms with van der Waals surface area (Å²) in [7, 11) is 0. The Bertz CT molecular complexity index is 1250. The molecule has 150 valence electrons. The first-order valence-electron chi connectivity index (χ1n) is 8.25. The lowest BCUT2D eigenvalue weighted by Crippen LogP contribution is -2.43. The third-order valence-electron chi connectivity index (χ3n) is 4.20. The predicted molar refractivity (Wildman–Crippen MR) is 107 cm³/mol. The molecule has 9 nitrogen and oxygen atoms in total. The van der Waals surface area contributed by atoms with E-state index >= 15 is 0 Å². The zero-order valence-corrected chi connectivity index (χ0v) is 16.5. The first-order chi connectivity index (χ1) is 13.7. The fourth-order valence-corrected chi connectivity index (χ4v) is 3.24. The number of benzene rings is 1. The highest BCUT2D eigenvalue weighted by atomic mass is 35.5. The van der Waals surface area contributed by atoms with E-state index in [1.165, 1.54) is 24.4 Å². The standard InChI is InChI=1S/C18H14Cl2N4O5/c1-10-3-2-4-12-16(10)17(28)23(9-15(26)27)18(29)22(12)8-14(25)24(20)11-5-6-21-13(19)7-11/h2-7H,8-9H2,1H3,(H,26,27). The molecule has 0 saturated heterocycles. The van der Waals surface area contributed by atoms with Crippen molar-refractivity contribution in [3.05, 3.63) is 68.1 Å². The van der Waals surface area contributed by atoms with Crippen LogP contribution in [0.25, 0.3) is 10.9 Å². The molecule has 3 rings (SSSR count). The average molecular weight is 437 g/mol. The molecule has 11 heteroatoms. The molecule has 2 aromatic heterocycles. The minimum absolute atomic E-state index is 0.120. The monoisotopic (exact) mass is 436 g/mol. The fourth-order valence-electron chi connectivity index (χ4n) is 2.91. The number of rotatable bonds is 5. The number of halogens is 2. The van der Waals surface area contributed by atoms with E-state index in [0.29, 0.717) is 10.1 Å². The molecule has 2 heterocycles. The quantitative estimate of drug-likeness (QED) is 0.481. The number of aryl methyl sites for hydroxylation is 1. The summed E-state index contributed by atoms with van der Waals surface area (Å²) >= 11 is 11.9. The number of hydrogen-bond acceptors (Lipinski definition) is 5. The summed E-state index contributed by atoms with van der Waals surface area (Å²) in [5, 5.41) is 9.34. The van der Waals surface area contributed by atoms with Gasteiger partial charge in [0.15, 0.2) is 0 Å². The molecule has 0 spiro atoms. The maximum absolute atomic E-state index is 12.8. The van der Waals surface area contributed by atoms with Crippen molar-refractivity contribution in [3.63, 3.8) is 0 Å². The SMILES string of the molecule is Cc1cccc2c1c(=O)n(CC(=O)O)c(=O)n2CC(=O)N(Cl)c1ccnc(Cl)c1. The van der Waals surface area contributed by atoms with Crippen molar-refractivity contribution in [3.8, 4) is 0 Å². The molecule has 0 aliphatic rings. The van der Waals surface area contributed by atoms with Crippen molar-refractivity contribution in [2.24, 2.45) is 0 Å². The van der Waals surface area contributed by atoms with Gasteiger partial charge in [0, 0.05) is 24.0 Å². The second-order valence-electron chi connectivity index (χ2n) is 6.13. The average Bonchev–Trinajstić information content (AvgIpc) is 2.67. The van der Waals surface area contributed by atoms with Gasteiger partial charge in [-0.05, 0) is 24.6 Å². The van der Waals surface area contributed by atoms with Gasteiger partial charge in [0.2, 0.25) is 0 Å². The molecule has 3 aromatic rings. The van der Waals surface area contributed by atoms with E-state index in [0.717, 1.165) is 8.99 Å². The molecule has 29 heavy (non-hydrogen) atoms. The van der Waals surface area contributed by atoms with E-state index in [1.807, 2.05) is 0 Å². The van der Waals surface area contributed by atoms with Crippen LogP contribution in [0.1, 0.15) is 5.56 Å². The van der Waals surface area contributed by atoms with Crippen molar-refractivity contribution in [1.82, 2.24) is 14.1 Å². The highest BCUT2D eigenvalue weighted by Crippen LogP contribution is 2.20. The number of pyridine rings is 1. The summed E-state index contributed by atoms with van der Waals surface area (Å²) in [4.78, 5) is 53.1. The number of carboxylic acid groups (broad SMARTS) is 1. The van der Waals surface area contributed by atoms with Crippen LogP contribution in [0.4, 0.5) is 5.69 Å². The van der Waals surface area contributed by atoms with Crippen LogP contribution in [0.15, 0.2) is 46.1 Å². The largest absolute Gasteiger partial charge is 0.480 e. The second-order valence-corrected chi connectivity index (χ2v) is 6.86. The predicted octanol–water partition coefficient (Wildman–Crippen LogP) is 1.79. The summed E-state index contributed by atoms with van der Waals surface area (Å²) in [6.45, 7) is 0.293. The summed E-state index contributed by atoms with van der Waals surface area (Å²) in [5.41, 5.74) is -0.687. The lowest BCUT2D eigenvalue weighted by atomic mass is 10.1. The molecule has 1 N–H and O–H groups in total. The van der Waals surface area contributed by atoms with Gasteiger partial charge in [0.1, 0.15) is 18.2 Å². The Balaban J connectivity index is 2.14. The molecule has 0 atom stereocenters. The van der Waals surface area contributed by atoms with Crippen LogP contribution < -0.4 is 15.7 Å². The minimum Gasteiger partial charge on any atom is -0.480 e. The number of carbonyl (C=O) groups excluding carboxylic acids is 1. The Hall–Kier alpha value is -3.17. The normalized spacial score (nSPS) is 10.9. The number of anilines is 1. The molecule has 0 saturated carbocycles. The van der Waals surface area contributed by atoms with Crippen molar-refractivity contribution in [2.75, 3.05) is 4.42 Å². The highest BCUT2D eigenvalue weighted by Gasteiger charge is 2.21. The van der Waals surface area contributed by atoms with Crippen LogP contribution in [0.5, 0.6) is 0 Å². The number of hydrogen-bond donors (Lipinski definition) is 1. The van der Waals surface area contributed by atoms with E-state index in [-0.39, 0.29) is 21.7 Å². The Kier molecular flexibility index (Phi) is 5.71. The van der Waals surface area contributed by atoms with Gasteiger partial charge in [-0.2, -0.15) is 0 Å². The van der Waals surface area contributed by atoms with E-state index < -0.39 is 36.2 Å². The maximum atomic E-state index is 12.8. The first kappa shape index (κ1) is 20.6. The Labute approximate surface area is 173 Å². The molecular formula is C18H14Cl2N4O5. The topological polar surface area (TPSA) is 114 Å². The van der Waals surface area contributed by atoms with Gasteiger partial charge in [-0.25, -0.2) is 18.8 Å². The summed E-state index contributed by atoms with van der Waals surface area (Å²) < 4.78 is 2.37. The first-order valence-corrected chi connectivity index (χ1v) is 8.97. The Morgan fingerprint density at radius 1 is 1.17 bits per heavy atom. The number of fused-ring (bicyclic) bond motifs is 1. The Morgan fingerprint density at radius 3 is 2.55 bits per heavy atom. The van der Waals surface area contributed by atoms with Crippen molar-refractivity contribution in [2.45, 2.75) is 20.0 Å². The number of amides is 1. The fraction of sp³-hybridized carbons (Fsp3) is 0.167. The molecule has 0 radical (unpaired) electrons. The second kappa shape index (κ2) is 8.06. The molecule has 0 unspecified atom stereocenters. The highest BCUT2D eigenvalue weighted by molar-refractivity contribution is 6.37. The number of nitrogens with zero attached hydrogens (tertiary/aromatic N) is 4. The lowest BCUT2D eigenvalue weighted by molar-refractivity contribution is -0.137. The molecule has 0 fully saturated rings. The van der Waals surface area contributed by atoms with Gasteiger partial charge in [-0.3, -0.25) is 19.0 Å². The van der Waals surface area contributed by atoms with E-state index in [4.69, 9.17) is 28.5 Å². The van der Waals surface area contributed by atoms with Crippen molar-refractivity contribution >= 4 is 51.8 Å². The van der Waals surface area contributed by atoms with Crippen molar-refractivity contribution in [1.29, 1.82) is 0 Å². The maximum Gasteiger partial charge on any atom is 0.332 e. The van der Waals surface area contributed by atoms with Crippen LogP contribution in [-0.2, 0) is 22.7 Å². The molecule has 0 aliphatic carbocycles. The third-order valence-corrected chi connectivity index (χ3v) is 4.80. The smallest absolute Gasteiger partial charge is 0.332 e. The summed E-state index contributed by atoms with van der Waals surface area (Å²) in [5.74, 6) is -2.06. The van der Waals surface area contributed by atoms with Gasteiger partial charge >= 0.3 is 11.7 Å². The van der Waals surface area contributed by atoms with Crippen molar-refractivity contribution < 1.29 is 14.7 Å². The summed E-state index contributed by atoms with van der Waals surface area (Å²) in [6, 6.07) is 7.60. The number of carboxylic acids is 1. The molecular weight excluding hydrogens is 423 g/mol. The zero-order valence-electron chi connectivity index (χ0n) is 15.0. The zero-order chi connectivity index (χ0) is 21.3.